The van der Waals surface area contributed by atoms with Crippen molar-refractivity contribution in [3.63, 3.8) is 0 Å². The summed E-state index contributed by atoms with van der Waals surface area (Å²) in [6.45, 7) is 4.11. The van der Waals surface area contributed by atoms with Crippen LogP contribution >= 0.6 is 0 Å². The minimum atomic E-state index is -0.955. The van der Waals surface area contributed by atoms with Crippen molar-refractivity contribution in [2.75, 3.05) is 17.2 Å². The van der Waals surface area contributed by atoms with Crippen LogP contribution in [-0.4, -0.2) is 18.6 Å². The highest BCUT2D eigenvalue weighted by molar-refractivity contribution is 6.04. The predicted octanol–water partition coefficient (Wildman–Crippen LogP) is 4.42. The molecule has 0 spiro atoms. The minimum absolute atomic E-state index is 0.210. The van der Waals surface area contributed by atoms with Crippen molar-refractivity contribution in [3.8, 4) is 0 Å². The van der Waals surface area contributed by atoms with E-state index in [1.165, 1.54) is 6.07 Å². The highest BCUT2D eigenvalue weighted by Gasteiger charge is 2.13. The molecular weight excluding hydrogens is 330 g/mol. The summed E-state index contributed by atoms with van der Waals surface area (Å²) in [4.78, 5) is 23.7. The third-order valence-corrected chi connectivity index (χ3v) is 3.09. The van der Waals surface area contributed by atoms with E-state index in [4.69, 9.17) is 4.74 Å². The van der Waals surface area contributed by atoms with E-state index in [2.05, 4.69) is 10.6 Å². The van der Waals surface area contributed by atoms with Gasteiger partial charge in [-0.3, -0.25) is 10.1 Å². The lowest BCUT2D eigenvalue weighted by atomic mass is 10.2. The van der Waals surface area contributed by atoms with Crippen molar-refractivity contribution in [2.45, 2.75) is 13.8 Å². The number of hydrogen-bond acceptors (Lipinski definition) is 3. The normalized spacial score (nSPS) is 10.4. The summed E-state index contributed by atoms with van der Waals surface area (Å²) in [5.41, 5.74) is 0.470. The quantitative estimate of drug-likeness (QED) is 0.840. The van der Waals surface area contributed by atoms with Crippen LogP contribution in [0.4, 0.5) is 25.0 Å². The van der Waals surface area contributed by atoms with E-state index in [0.29, 0.717) is 17.4 Å². The van der Waals surface area contributed by atoms with Crippen LogP contribution in [0.1, 0.15) is 24.2 Å². The molecular formula is C18H18F2N2O3. The van der Waals surface area contributed by atoms with Gasteiger partial charge in [0.05, 0.1) is 12.2 Å². The van der Waals surface area contributed by atoms with Crippen LogP contribution in [0.3, 0.4) is 0 Å². The van der Waals surface area contributed by atoms with E-state index < -0.39 is 23.6 Å². The highest BCUT2D eigenvalue weighted by Crippen LogP contribution is 2.18. The van der Waals surface area contributed by atoms with Crippen LogP contribution in [0.25, 0.3) is 0 Å². The van der Waals surface area contributed by atoms with Gasteiger partial charge in [-0.15, -0.1) is 0 Å². The van der Waals surface area contributed by atoms with Gasteiger partial charge in [-0.05, 0) is 36.2 Å². The smallest absolute Gasteiger partial charge is 0.411 e. The molecule has 2 N–H and O–H groups in total. The van der Waals surface area contributed by atoms with Crippen molar-refractivity contribution in [2.24, 2.45) is 5.92 Å². The number of carbonyl (C=O) groups is 2. The lowest BCUT2D eigenvalue weighted by Gasteiger charge is -2.10. The predicted molar refractivity (Wildman–Crippen MR) is 90.6 cm³/mol. The second-order valence-corrected chi connectivity index (χ2v) is 5.78. The second kappa shape index (κ2) is 8.23. The molecule has 0 aliphatic heterocycles. The maximum Gasteiger partial charge on any atom is 0.411 e. The van der Waals surface area contributed by atoms with Gasteiger partial charge >= 0.3 is 6.09 Å². The van der Waals surface area contributed by atoms with Crippen LogP contribution in [0.5, 0.6) is 0 Å². The van der Waals surface area contributed by atoms with Crippen LogP contribution in [0, 0.1) is 17.6 Å². The number of carbonyl (C=O) groups excluding carboxylic acids is 2. The maximum atomic E-state index is 13.6. The SMILES string of the molecule is CC(C)COC(=O)Nc1cccc(NC(=O)c2ccc(F)cc2F)c1. The number of benzene rings is 2. The molecule has 2 aromatic carbocycles. The van der Waals surface area contributed by atoms with E-state index in [-0.39, 0.29) is 18.1 Å². The second-order valence-electron chi connectivity index (χ2n) is 5.78. The zero-order valence-corrected chi connectivity index (χ0v) is 13.8. The Morgan fingerprint density at radius 2 is 1.72 bits per heavy atom. The third kappa shape index (κ3) is 5.56. The summed E-state index contributed by atoms with van der Waals surface area (Å²) in [5, 5.41) is 5.02. The molecule has 0 saturated heterocycles. The Morgan fingerprint density at radius 1 is 1.04 bits per heavy atom. The Hall–Kier alpha value is -2.96. The van der Waals surface area contributed by atoms with Gasteiger partial charge in [-0.1, -0.05) is 19.9 Å². The molecule has 0 saturated carbocycles. The molecule has 2 amide bonds. The Labute approximate surface area is 144 Å². The number of amides is 2. The molecule has 0 aromatic heterocycles. The van der Waals surface area contributed by atoms with Gasteiger partial charge in [0.1, 0.15) is 11.6 Å². The number of anilines is 2. The van der Waals surface area contributed by atoms with Crippen molar-refractivity contribution < 1.29 is 23.1 Å². The molecule has 5 nitrogen and oxygen atoms in total. The Kier molecular flexibility index (Phi) is 6.05. The summed E-state index contributed by atoms with van der Waals surface area (Å²) in [7, 11) is 0. The third-order valence-electron chi connectivity index (χ3n) is 3.09. The first-order chi connectivity index (χ1) is 11.8. The Balaban J connectivity index is 2.03. The summed E-state index contributed by atoms with van der Waals surface area (Å²) in [5.74, 6) is -2.23. The van der Waals surface area contributed by atoms with Crippen molar-refractivity contribution >= 4 is 23.4 Å². The van der Waals surface area contributed by atoms with Gasteiger partial charge < -0.3 is 10.1 Å². The molecule has 0 bridgehead atoms. The number of halogens is 2. The molecule has 0 radical (unpaired) electrons. The lowest BCUT2D eigenvalue weighted by Crippen LogP contribution is -2.17. The molecule has 0 unspecified atom stereocenters. The van der Waals surface area contributed by atoms with Crippen LogP contribution in [0.15, 0.2) is 42.5 Å². The number of hydrogen-bond donors (Lipinski definition) is 2. The fourth-order valence-electron chi connectivity index (χ4n) is 1.94. The number of rotatable bonds is 5. The standard InChI is InChI=1S/C18H18F2N2O3/c1-11(2)10-25-18(24)22-14-5-3-4-13(9-14)21-17(23)15-7-6-12(19)8-16(15)20/h3-9,11H,10H2,1-2H3,(H,21,23)(H,22,24). The highest BCUT2D eigenvalue weighted by atomic mass is 19.1. The van der Waals surface area contributed by atoms with E-state index in [0.717, 1.165) is 12.1 Å². The average Bonchev–Trinajstić information content (AvgIpc) is 2.53. The average molecular weight is 348 g/mol. The first-order valence-corrected chi connectivity index (χ1v) is 7.65. The number of nitrogens with one attached hydrogen (secondary N) is 2. The van der Waals surface area contributed by atoms with Gasteiger partial charge in [0.2, 0.25) is 0 Å². The fourth-order valence-corrected chi connectivity index (χ4v) is 1.94. The molecule has 132 valence electrons. The van der Waals surface area contributed by atoms with Crippen molar-refractivity contribution in [3.05, 3.63) is 59.7 Å². The Bertz CT molecular complexity index is 779. The Morgan fingerprint density at radius 3 is 2.36 bits per heavy atom. The molecule has 2 rings (SSSR count). The fraction of sp³-hybridized carbons (Fsp3) is 0.222. The summed E-state index contributed by atoms with van der Waals surface area (Å²) >= 11 is 0. The zero-order chi connectivity index (χ0) is 18.4. The van der Waals surface area contributed by atoms with E-state index in [1.807, 2.05) is 13.8 Å². The first kappa shape index (κ1) is 18.4. The van der Waals surface area contributed by atoms with Gasteiger partial charge in [-0.2, -0.15) is 0 Å². The van der Waals surface area contributed by atoms with Gasteiger partial charge in [0.25, 0.3) is 5.91 Å². The molecule has 0 aliphatic rings. The van der Waals surface area contributed by atoms with Crippen LogP contribution in [0.2, 0.25) is 0 Å². The molecule has 7 heteroatoms. The zero-order valence-electron chi connectivity index (χ0n) is 13.8. The monoisotopic (exact) mass is 348 g/mol. The molecule has 2 aromatic rings. The molecule has 0 heterocycles. The summed E-state index contributed by atoms with van der Waals surface area (Å²) < 4.78 is 31.5. The minimum Gasteiger partial charge on any atom is -0.449 e. The van der Waals surface area contributed by atoms with E-state index >= 15 is 0 Å². The van der Waals surface area contributed by atoms with Gasteiger partial charge in [0, 0.05) is 17.4 Å². The molecule has 0 atom stereocenters. The van der Waals surface area contributed by atoms with Crippen molar-refractivity contribution in [1.82, 2.24) is 0 Å². The lowest BCUT2D eigenvalue weighted by molar-refractivity contribution is 0.102. The first-order valence-electron chi connectivity index (χ1n) is 7.65. The van der Waals surface area contributed by atoms with Gasteiger partial charge in [-0.25, -0.2) is 13.6 Å². The maximum absolute atomic E-state index is 13.6. The van der Waals surface area contributed by atoms with E-state index in [1.54, 1.807) is 18.2 Å². The van der Waals surface area contributed by atoms with Gasteiger partial charge in [0.15, 0.2) is 0 Å². The van der Waals surface area contributed by atoms with Crippen molar-refractivity contribution in [1.29, 1.82) is 0 Å². The number of ether oxygens (including phenoxy) is 1. The van der Waals surface area contributed by atoms with Crippen LogP contribution in [-0.2, 0) is 4.74 Å². The molecule has 0 fully saturated rings. The molecule has 0 aliphatic carbocycles. The molecule has 25 heavy (non-hydrogen) atoms. The largest absolute Gasteiger partial charge is 0.449 e. The topological polar surface area (TPSA) is 67.4 Å². The summed E-state index contributed by atoms with van der Waals surface area (Å²) in [6.07, 6.45) is -0.609. The van der Waals surface area contributed by atoms with Crippen LogP contribution < -0.4 is 10.6 Å². The summed E-state index contributed by atoms with van der Waals surface area (Å²) in [6, 6.07) is 8.99. The van der Waals surface area contributed by atoms with E-state index in [9.17, 15) is 18.4 Å².